The first-order chi connectivity index (χ1) is 8.11. The van der Waals surface area contributed by atoms with Crippen molar-refractivity contribution in [1.82, 2.24) is 0 Å². The summed E-state index contributed by atoms with van der Waals surface area (Å²) < 4.78 is 0. The van der Waals surface area contributed by atoms with Crippen LogP contribution in [0.5, 0.6) is 0 Å². The van der Waals surface area contributed by atoms with Crippen molar-refractivity contribution in [3.8, 4) is 11.1 Å². The average molecular weight is 224 g/mol. The molecule has 1 nitrogen and oxygen atoms in total. The van der Waals surface area contributed by atoms with E-state index >= 15 is 0 Å². The lowest BCUT2D eigenvalue weighted by molar-refractivity contribution is 0.112. The van der Waals surface area contributed by atoms with E-state index in [2.05, 4.69) is 32.0 Å². The van der Waals surface area contributed by atoms with Gasteiger partial charge in [-0.15, -0.1) is 0 Å². The Bertz CT molecular complexity index is 568. The summed E-state index contributed by atoms with van der Waals surface area (Å²) in [7, 11) is 0. The average Bonchev–Trinajstić information content (AvgIpc) is 2.32. The van der Waals surface area contributed by atoms with Crippen LogP contribution in [0.3, 0.4) is 0 Å². The Morgan fingerprint density at radius 2 is 1.59 bits per heavy atom. The SMILES string of the molecule is Cc1ccc(C)c(-c2ccc(C=O)cc2C)c1. The molecule has 0 aliphatic heterocycles. The molecule has 0 aliphatic rings. The second kappa shape index (κ2) is 4.54. The summed E-state index contributed by atoms with van der Waals surface area (Å²) in [4.78, 5) is 10.7. The maximum absolute atomic E-state index is 10.7. The molecule has 0 N–H and O–H groups in total. The predicted molar refractivity (Wildman–Crippen MR) is 71.5 cm³/mol. The monoisotopic (exact) mass is 224 g/mol. The lowest BCUT2D eigenvalue weighted by Crippen LogP contribution is -1.90. The quantitative estimate of drug-likeness (QED) is 0.702. The summed E-state index contributed by atoms with van der Waals surface area (Å²) >= 11 is 0. The van der Waals surface area contributed by atoms with Gasteiger partial charge in [-0.2, -0.15) is 0 Å². The van der Waals surface area contributed by atoms with E-state index in [4.69, 9.17) is 0 Å². The van der Waals surface area contributed by atoms with Gasteiger partial charge in [-0.1, -0.05) is 35.9 Å². The molecule has 0 amide bonds. The van der Waals surface area contributed by atoms with Crippen LogP contribution in [0.15, 0.2) is 36.4 Å². The Morgan fingerprint density at radius 3 is 2.24 bits per heavy atom. The molecular weight excluding hydrogens is 208 g/mol. The number of hydrogen-bond donors (Lipinski definition) is 0. The van der Waals surface area contributed by atoms with Crippen molar-refractivity contribution < 1.29 is 4.79 Å². The Kier molecular flexibility index (Phi) is 3.10. The van der Waals surface area contributed by atoms with Crippen molar-refractivity contribution in [3.63, 3.8) is 0 Å². The third kappa shape index (κ3) is 2.28. The van der Waals surface area contributed by atoms with Crippen LogP contribution in [0, 0.1) is 20.8 Å². The normalized spacial score (nSPS) is 10.3. The van der Waals surface area contributed by atoms with Crippen LogP contribution < -0.4 is 0 Å². The zero-order valence-electron chi connectivity index (χ0n) is 10.4. The minimum Gasteiger partial charge on any atom is -0.298 e. The molecule has 86 valence electrons. The van der Waals surface area contributed by atoms with Crippen LogP contribution in [0.25, 0.3) is 11.1 Å². The number of rotatable bonds is 2. The number of aryl methyl sites for hydroxylation is 3. The van der Waals surface area contributed by atoms with Crippen molar-refractivity contribution >= 4 is 6.29 Å². The number of hydrogen-bond acceptors (Lipinski definition) is 1. The molecular formula is C16H16O. The zero-order chi connectivity index (χ0) is 12.4. The second-order valence-corrected chi connectivity index (χ2v) is 4.51. The smallest absolute Gasteiger partial charge is 0.150 e. The maximum atomic E-state index is 10.7. The molecule has 0 aliphatic carbocycles. The fourth-order valence-corrected chi connectivity index (χ4v) is 2.09. The van der Waals surface area contributed by atoms with Crippen LogP contribution in [0.4, 0.5) is 0 Å². The first-order valence-electron chi connectivity index (χ1n) is 5.75. The molecule has 2 aromatic carbocycles. The highest BCUT2D eigenvalue weighted by molar-refractivity contribution is 5.79. The van der Waals surface area contributed by atoms with E-state index in [9.17, 15) is 4.79 Å². The highest BCUT2D eigenvalue weighted by Gasteiger charge is 2.06. The van der Waals surface area contributed by atoms with Crippen LogP contribution in [-0.2, 0) is 0 Å². The standard InChI is InChI=1S/C16H16O/c1-11-4-5-12(2)16(8-11)15-7-6-14(10-17)9-13(15)3/h4-10H,1-3H3. The van der Waals surface area contributed by atoms with Gasteiger partial charge >= 0.3 is 0 Å². The highest BCUT2D eigenvalue weighted by Crippen LogP contribution is 2.27. The third-order valence-electron chi connectivity index (χ3n) is 3.07. The molecule has 0 saturated carbocycles. The molecule has 0 fully saturated rings. The second-order valence-electron chi connectivity index (χ2n) is 4.51. The van der Waals surface area contributed by atoms with Crippen LogP contribution in [0.2, 0.25) is 0 Å². The summed E-state index contributed by atoms with van der Waals surface area (Å²) in [5.41, 5.74) is 6.85. The summed E-state index contributed by atoms with van der Waals surface area (Å²) in [6, 6.07) is 12.3. The summed E-state index contributed by atoms with van der Waals surface area (Å²) in [5.74, 6) is 0. The molecule has 0 heterocycles. The molecule has 0 bridgehead atoms. The van der Waals surface area contributed by atoms with Gasteiger partial charge < -0.3 is 0 Å². The largest absolute Gasteiger partial charge is 0.298 e. The zero-order valence-corrected chi connectivity index (χ0v) is 10.4. The van der Waals surface area contributed by atoms with Gasteiger partial charge in [-0.25, -0.2) is 0 Å². The molecule has 1 heteroatoms. The Balaban J connectivity index is 2.60. The van der Waals surface area contributed by atoms with E-state index in [1.54, 1.807) is 0 Å². The molecule has 0 saturated heterocycles. The van der Waals surface area contributed by atoms with Gasteiger partial charge in [0.25, 0.3) is 0 Å². The summed E-state index contributed by atoms with van der Waals surface area (Å²) in [6.45, 7) is 6.25. The Labute approximate surface area is 102 Å². The molecule has 2 aromatic rings. The number of carbonyl (C=O) groups excluding carboxylic acids is 1. The van der Waals surface area contributed by atoms with Gasteiger partial charge in [0.05, 0.1) is 0 Å². The molecule has 17 heavy (non-hydrogen) atoms. The van der Waals surface area contributed by atoms with Crippen molar-refractivity contribution in [3.05, 3.63) is 58.7 Å². The van der Waals surface area contributed by atoms with Gasteiger partial charge in [0, 0.05) is 5.56 Å². The van der Waals surface area contributed by atoms with Gasteiger partial charge in [-0.3, -0.25) is 4.79 Å². The van der Waals surface area contributed by atoms with Crippen molar-refractivity contribution in [2.24, 2.45) is 0 Å². The third-order valence-corrected chi connectivity index (χ3v) is 3.07. The Hall–Kier alpha value is -1.89. The van der Waals surface area contributed by atoms with E-state index in [1.807, 2.05) is 25.1 Å². The van der Waals surface area contributed by atoms with Crippen LogP contribution in [-0.4, -0.2) is 6.29 Å². The minimum atomic E-state index is 0.733. The maximum Gasteiger partial charge on any atom is 0.150 e. The molecule has 0 aromatic heterocycles. The minimum absolute atomic E-state index is 0.733. The highest BCUT2D eigenvalue weighted by atomic mass is 16.1. The van der Waals surface area contributed by atoms with E-state index < -0.39 is 0 Å². The molecule has 2 rings (SSSR count). The van der Waals surface area contributed by atoms with Crippen LogP contribution >= 0.6 is 0 Å². The fourth-order valence-electron chi connectivity index (χ4n) is 2.09. The summed E-state index contributed by atoms with van der Waals surface area (Å²) in [5, 5.41) is 0. The fraction of sp³-hybridized carbons (Fsp3) is 0.188. The van der Waals surface area contributed by atoms with E-state index in [0.29, 0.717) is 0 Å². The molecule has 0 unspecified atom stereocenters. The van der Waals surface area contributed by atoms with Gasteiger partial charge in [0.15, 0.2) is 0 Å². The van der Waals surface area contributed by atoms with E-state index in [1.165, 1.54) is 22.3 Å². The predicted octanol–water partition coefficient (Wildman–Crippen LogP) is 4.09. The Morgan fingerprint density at radius 1 is 0.824 bits per heavy atom. The van der Waals surface area contributed by atoms with Crippen molar-refractivity contribution in [2.45, 2.75) is 20.8 Å². The van der Waals surface area contributed by atoms with E-state index in [0.717, 1.165) is 17.4 Å². The number of benzene rings is 2. The first-order valence-corrected chi connectivity index (χ1v) is 5.75. The van der Waals surface area contributed by atoms with Crippen LogP contribution in [0.1, 0.15) is 27.0 Å². The van der Waals surface area contributed by atoms with E-state index in [-0.39, 0.29) is 0 Å². The van der Waals surface area contributed by atoms with Gasteiger partial charge in [-0.05, 0) is 49.1 Å². The first kappa shape index (κ1) is 11.6. The van der Waals surface area contributed by atoms with Gasteiger partial charge in [0.1, 0.15) is 6.29 Å². The topological polar surface area (TPSA) is 17.1 Å². The molecule has 0 spiro atoms. The van der Waals surface area contributed by atoms with Gasteiger partial charge in [0.2, 0.25) is 0 Å². The van der Waals surface area contributed by atoms with Crippen molar-refractivity contribution in [2.75, 3.05) is 0 Å². The number of aldehydes is 1. The number of carbonyl (C=O) groups is 1. The lowest BCUT2D eigenvalue weighted by Gasteiger charge is -2.10. The summed E-state index contributed by atoms with van der Waals surface area (Å²) in [6.07, 6.45) is 0.889. The molecule has 0 atom stereocenters. The van der Waals surface area contributed by atoms with Crippen molar-refractivity contribution in [1.29, 1.82) is 0 Å². The lowest BCUT2D eigenvalue weighted by atomic mass is 9.94. The molecule has 0 radical (unpaired) electrons.